The lowest BCUT2D eigenvalue weighted by molar-refractivity contribution is -0.137. The van der Waals surface area contributed by atoms with Crippen molar-refractivity contribution in [2.75, 3.05) is 12.3 Å². The Labute approximate surface area is 165 Å². The first kappa shape index (κ1) is 20.3. The van der Waals surface area contributed by atoms with Crippen LogP contribution >= 0.6 is 11.8 Å². The van der Waals surface area contributed by atoms with Crippen LogP contribution in [-0.2, 0) is 23.9 Å². The Hall–Kier alpha value is -2.48. The summed E-state index contributed by atoms with van der Waals surface area (Å²) in [6.45, 7) is 3.16. The van der Waals surface area contributed by atoms with Gasteiger partial charge in [0.2, 0.25) is 5.91 Å². The minimum Gasteiger partial charge on any atom is -0.355 e. The molecule has 4 nitrogen and oxygen atoms in total. The molecule has 1 amide bonds. The number of fused-ring (bicyclic) bond motifs is 1. The van der Waals surface area contributed by atoms with Gasteiger partial charge in [-0.25, -0.2) is 4.98 Å². The Bertz CT molecular complexity index is 951. The van der Waals surface area contributed by atoms with Crippen LogP contribution in [0.15, 0.2) is 53.7 Å². The van der Waals surface area contributed by atoms with Gasteiger partial charge in [-0.2, -0.15) is 13.2 Å². The first-order valence-corrected chi connectivity index (χ1v) is 9.88. The number of halogens is 3. The normalized spacial score (nSPS) is 11.7. The summed E-state index contributed by atoms with van der Waals surface area (Å²) in [5.74, 6) is 0.0997. The van der Waals surface area contributed by atoms with Gasteiger partial charge in [0, 0.05) is 13.1 Å². The number of benzene rings is 2. The molecule has 3 rings (SSSR count). The summed E-state index contributed by atoms with van der Waals surface area (Å²) in [6, 6.07) is 12.8. The Kier molecular flexibility index (Phi) is 6.28. The lowest BCUT2D eigenvalue weighted by Gasteiger charge is -2.09. The van der Waals surface area contributed by atoms with Crippen molar-refractivity contribution < 1.29 is 18.0 Å². The van der Waals surface area contributed by atoms with Gasteiger partial charge < -0.3 is 9.88 Å². The lowest BCUT2D eigenvalue weighted by Crippen LogP contribution is -2.27. The molecule has 1 N–H and O–H groups in total. The van der Waals surface area contributed by atoms with Gasteiger partial charge in [0.25, 0.3) is 0 Å². The van der Waals surface area contributed by atoms with Crippen molar-refractivity contribution in [1.82, 2.24) is 14.9 Å². The third-order valence-corrected chi connectivity index (χ3v) is 5.26. The van der Waals surface area contributed by atoms with Crippen LogP contribution in [0.4, 0.5) is 13.2 Å². The lowest BCUT2D eigenvalue weighted by atomic mass is 10.1. The predicted molar refractivity (Wildman–Crippen MR) is 104 cm³/mol. The van der Waals surface area contributed by atoms with E-state index < -0.39 is 11.7 Å². The van der Waals surface area contributed by atoms with Crippen LogP contribution in [0.25, 0.3) is 11.0 Å². The van der Waals surface area contributed by atoms with Crippen LogP contribution in [0.5, 0.6) is 0 Å². The molecule has 0 atom stereocenters. The number of nitrogens with zero attached hydrogens (tertiary/aromatic N) is 2. The fourth-order valence-electron chi connectivity index (χ4n) is 2.86. The second kappa shape index (κ2) is 8.68. The number of para-hydroxylation sites is 2. The molecular weight excluding hydrogens is 387 g/mol. The van der Waals surface area contributed by atoms with E-state index in [0.717, 1.165) is 40.4 Å². The fourth-order valence-corrected chi connectivity index (χ4v) is 3.77. The van der Waals surface area contributed by atoms with E-state index in [9.17, 15) is 18.0 Å². The molecule has 0 fully saturated rings. The SMILES string of the molecule is CCn1c(SCC(=O)NCCc2ccc(C(F)(F)F)cc2)nc2ccccc21. The molecule has 0 aliphatic carbocycles. The Balaban J connectivity index is 1.49. The maximum atomic E-state index is 12.6. The van der Waals surface area contributed by atoms with E-state index in [1.54, 1.807) is 0 Å². The van der Waals surface area contributed by atoms with E-state index in [-0.39, 0.29) is 11.7 Å². The number of aromatic nitrogens is 2. The smallest absolute Gasteiger partial charge is 0.355 e. The average Bonchev–Trinajstić information content (AvgIpc) is 3.03. The van der Waals surface area contributed by atoms with Crippen molar-refractivity contribution in [3.8, 4) is 0 Å². The standard InChI is InChI=1S/C20H20F3N3OS/c1-2-26-17-6-4-3-5-16(17)25-19(26)28-13-18(27)24-12-11-14-7-9-15(10-8-14)20(21,22)23/h3-10H,2,11-13H2,1H3,(H,24,27). The van der Waals surface area contributed by atoms with Crippen LogP contribution in [0.2, 0.25) is 0 Å². The van der Waals surface area contributed by atoms with E-state index in [0.29, 0.717) is 13.0 Å². The molecular formula is C20H20F3N3OS. The molecule has 0 radical (unpaired) electrons. The van der Waals surface area contributed by atoms with Gasteiger partial charge in [0.15, 0.2) is 5.16 Å². The first-order chi connectivity index (χ1) is 13.4. The van der Waals surface area contributed by atoms with Gasteiger partial charge in [0.1, 0.15) is 0 Å². The van der Waals surface area contributed by atoms with Gasteiger partial charge in [-0.3, -0.25) is 4.79 Å². The third-order valence-electron chi connectivity index (χ3n) is 4.29. The highest BCUT2D eigenvalue weighted by atomic mass is 32.2. The highest BCUT2D eigenvalue weighted by Crippen LogP contribution is 2.29. The second-order valence-electron chi connectivity index (χ2n) is 6.21. The second-order valence-corrected chi connectivity index (χ2v) is 7.15. The third kappa shape index (κ3) is 4.86. The minimum absolute atomic E-state index is 0.133. The van der Waals surface area contributed by atoms with Gasteiger partial charge in [-0.15, -0.1) is 0 Å². The summed E-state index contributed by atoms with van der Waals surface area (Å²) < 4.78 is 39.7. The molecule has 0 saturated heterocycles. The van der Waals surface area contributed by atoms with E-state index in [1.807, 2.05) is 31.2 Å². The predicted octanol–water partition coefficient (Wildman–Crippen LogP) is 4.53. The zero-order chi connectivity index (χ0) is 20.1. The van der Waals surface area contributed by atoms with Gasteiger partial charge >= 0.3 is 6.18 Å². The fraction of sp³-hybridized carbons (Fsp3) is 0.300. The monoisotopic (exact) mass is 407 g/mol. The van der Waals surface area contributed by atoms with Crippen molar-refractivity contribution in [2.24, 2.45) is 0 Å². The van der Waals surface area contributed by atoms with Crippen molar-refractivity contribution >= 4 is 28.7 Å². The molecule has 148 valence electrons. The summed E-state index contributed by atoms with van der Waals surface area (Å²) in [7, 11) is 0. The van der Waals surface area contributed by atoms with Crippen LogP contribution < -0.4 is 5.32 Å². The summed E-state index contributed by atoms with van der Waals surface area (Å²) >= 11 is 1.37. The van der Waals surface area contributed by atoms with Crippen molar-refractivity contribution in [3.63, 3.8) is 0 Å². The van der Waals surface area contributed by atoms with Crippen LogP contribution in [0.3, 0.4) is 0 Å². The summed E-state index contributed by atoms with van der Waals surface area (Å²) in [5.41, 5.74) is 2.01. The number of imidazole rings is 1. The number of alkyl halides is 3. The van der Waals surface area contributed by atoms with E-state index in [4.69, 9.17) is 0 Å². The quantitative estimate of drug-likeness (QED) is 0.586. The van der Waals surface area contributed by atoms with Crippen molar-refractivity contribution in [3.05, 3.63) is 59.7 Å². The number of hydrogen-bond donors (Lipinski definition) is 1. The van der Waals surface area contributed by atoms with Crippen molar-refractivity contribution in [2.45, 2.75) is 31.2 Å². The highest BCUT2D eigenvalue weighted by molar-refractivity contribution is 7.99. The molecule has 28 heavy (non-hydrogen) atoms. The number of amides is 1. The molecule has 2 aromatic carbocycles. The minimum atomic E-state index is -4.33. The van der Waals surface area contributed by atoms with E-state index in [1.165, 1.54) is 23.9 Å². The van der Waals surface area contributed by atoms with Gasteiger partial charge in [-0.1, -0.05) is 36.0 Å². The number of thioether (sulfide) groups is 1. The number of rotatable bonds is 7. The molecule has 0 unspecified atom stereocenters. The number of aryl methyl sites for hydroxylation is 1. The molecule has 0 saturated carbocycles. The molecule has 0 spiro atoms. The largest absolute Gasteiger partial charge is 0.416 e. The zero-order valence-electron chi connectivity index (χ0n) is 15.3. The maximum Gasteiger partial charge on any atom is 0.416 e. The Morgan fingerprint density at radius 3 is 2.54 bits per heavy atom. The van der Waals surface area contributed by atoms with Gasteiger partial charge in [0.05, 0.1) is 22.3 Å². The molecule has 8 heteroatoms. The van der Waals surface area contributed by atoms with E-state index >= 15 is 0 Å². The molecule has 0 aliphatic rings. The first-order valence-electron chi connectivity index (χ1n) is 8.89. The summed E-state index contributed by atoms with van der Waals surface area (Å²) in [6.07, 6.45) is -3.86. The van der Waals surface area contributed by atoms with Gasteiger partial charge in [-0.05, 0) is 43.2 Å². The molecule has 1 aromatic heterocycles. The topological polar surface area (TPSA) is 46.9 Å². The Morgan fingerprint density at radius 2 is 1.86 bits per heavy atom. The molecule has 1 heterocycles. The molecule has 3 aromatic rings. The Morgan fingerprint density at radius 1 is 1.14 bits per heavy atom. The molecule has 0 aliphatic heterocycles. The van der Waals surface area contributed by atoms with Crippen LogP contribution in [0, 0.1) is 0 Å². The van der Waals surface area contributed by atoms with Crippen LogP contribution in [0.1, 0.15) is 18.1 Å². The summed E-state index contributed by atoms with van der Waals surface area (Å²) in [4.78, 5) is 16.7. The van der Waals surface area contributed by atoms with Crippen LogP contribution in [-0.4, -0.2) is 27.8 Å². The molecule has 0 bridgehead atoms. The number of hydrogen-bond acceptors (Lipinski definition) is 3. The zero-order valence-corrected chi connectivity index (χ0v) is 16.1. The summed E-state index contributed by atoms with van der Waals surface area (Å²) in [5, 5.41) is 3.59. The maximum absolute atomic E-state index is 12.6. The van der Waals surface area contributed by atoms with Crippen molar-refractivity contribution in [1.29, 1.82) is 0 Å². The average molecular weight is 407 g/mol. The number of carbonyl (C=O) groups is 1. The highest BCUT2D eigenvalue weighted by Gasteiger charge is 2.29. The number of nitrogens with one attached hydrogen (secondary N) is 1. The number of carbonyl (C=O) groups excluding carboxylic acids is 1. The van der Waals surface area contributed by atoms with E-state index in [2.05, 4.69) is 14.9 Å².